The number of carbonyl (C=O) groups is 1. The Morgan fingerprint density at radius 1 is 1.32 bits per heavy atom. The SMILES string of the molecule is CC(C)C1(CCc2ccc(O)cc2)CC=CC(=O)O1. The molecule has 1 unspecified atom stereocenters. The second kappa shape index (κ2) is 5.47. The first-order valence-corrected chi connectivity index (χ1v) is 6.69. The average Bonchev–Trinajstić information content (AvgIpc) is 2.38. The minimum atomic E-state index is -0.399. The topological polar surface area (TPSA) is 46.5 Å². The molecule has 0 fully saturated rings. The third-order valence-corrected chi connectivity index (χ3v) is 3.85. The van der Waals surface area contributed by atoms with Gasteiger partial charge < -0.3 is 9.84 Å². The molecule has 3 heteroatoms. The summed E-state index contributed by atoms with van der Waals surface area (Å²) < 4.78 is 5.61. The summed E-state index contributed by atoms with van der Waals surface area (Å²) in [6, 6.07) is 7.18. The van der Waals surface area contributed by atoms with Crippen LogP contribution in [0.15, 0.2) is 36.4 Å². The zero-order chi connectivity index (χ0) is 13.9. The molecule has 0 aliphatic carbocycles. The van der Waals surface area contributed by atoms with Crippen molar-refractivity contribution in [1.29, 1.82) is 0 Å². The average molecular weight is 260 g/mol. The molecule has 1 aliphatic heterocycles. The predicted octanol–water partition coefficient (Wildman–Crippen LogP) is 3.22. The minimum Gasteiger partial charge on any atom is -0.508 e. The fourth-order valence-corrected chi connectivity index (χ4v) is 2.44. The molecule has 0 spiro atoms. The van der Waals surface area contributed by atoms with E-state index < -0.39 is 5.60 Å². The zero-order valence-corrected chi connectivity index (χ0v) is 11.4. The van der Waals surface area contributed by atoms with Crippen LogP contribution in [0, 0.1) is 5.92 Å². The van der Waals surface area contributed by atoms with Crippen LogP contribution in [-0.2, 0) is 16.0 Å². The van der Waals surface area contributed by atoms with Crippen LogP contribution in [0.25, 0.3) is 0 Å². The van der Waals surface area contributed by atoms with Crippen LogP contribution in [0.4, 0.5) is 0 Å². The lowest BCUT2D eigenvalue weighted by atomic mass is 9.80. The molecule has 0 bridgehead atoms. The number of esters is 1. The van der Waals surface area contributed by atoms with E-state index in [9.17, 15) is 9.90 Å². The second-order valence-corrected chi connectivity index (χ2v) is 5.41. The number of ether oxygens (including phenoxy) is 1. The van der Waals surface area contributed by atoms with Gasteiger partial charge in [-0.3, -0.25) is 0 Å². The van der Waals surface area contributed by atoms with E-state index >= 15 is 0 Å². The second-order valence-electron chi connectivity index (χ2n) is 5.41. The lowest BCUT2D eigenvalue weighted by Gasteiger charge is -2.38. The summed E-state index contributed by atoms with van der Waals surface area (Å²) in [5.74, 6) is 0.304. The lowest BCUT2D eigenvalue weighted by Crippen LogP contribution is -2.42. The molecular weight excluding hydrogens is 240 g/mol. The van der Waals surface area contributed by atoms with Crippen molar-refractivity contribution < 1.29 is 14.6 Å². The quantitative estimate of drug-likeness (QED) is 0.845. The fourth-order valence-electron chi connectivity index (χ4n) is 2.44. The van der Waals surface area contributed by atoms with Gasteiger partial charge >= 0.3 is 5.97 Å². The largest absolute Gasteiger partial charge is 0.508 e. The van der Waals surface area contributed by atoms with Crippen LogP contribution < -0.4 is 0 Å². The minimum absolute atomic E-state index is 0.245. The third kappa shape index (κ3) is 3.16. The summed E-state index contributed by atoms with van der Waals surface area (Å²) in [6.07, 6.45) is 5.81. The molecule has 0 aromatic heterocycles. The van der Waals surface area contributed by atoms with Gasteiger partial charge in [0, 0.05) is 12.5 Å². The smallest absolute Gasteiger partial charge is 0.330 e. The molecule has 2 rings (SSSR count). The highest BCUT2D eigenvalue weighted by Crippen LogP contribution is 2.34. The van der Waals surface area contributed by atoms with Gasteiger partial charge in [0.1, 0.15) is 11.4 Å². The van der Waals surface area contributed by atoms with E-state index in [-0.39, 0.29) is 17.6 Å². The summed E-state index contributed by atoms with van der Waals surface area (Å²) in [5.41, 5.74) is 0.743. The number of aryl methyl sites for hydroxylation is 1. The Bertz CT molecular complexity index is 473. The summed E-state index contributed by atoms with van der Waals surface area (Å²) in [4.78, 5) is 11.5. The van der Waals surface area contributed by atoms with Crippen molar-refractivity contribution in [2.45, 2.75) is 38.7 Å². The number of cyclic esters (lactones) is 1. The molecule has 0 amide bonds. The van der Waals surface area contributed by atoms with Crippen LogP contribution in [-0.4, -0.2) is 16.7 Å². The molecule has 19 heavy (non-hydrogen) atoms. The highest BCUT2D eigenvalue weighted by atomic mass is 16.6. The molecule has 0 saturated heterocycles. The number of aromatic hydroxyl groups is 1. The van der Waals surface area contributed by atoms with E-state index in [1.54, 1.807) is 12.1 Å². The summed E-state index contributed by atoms with van der Waals surface area (Å²) in [5, 5.41) is 9.27. The van der Waals surface area contributed by atoms with Gasteiger partial charge in [-0.15, -0.1) is 0 Å². The highest BCUT2D eigenvalue weighted by molar-refractivity contribution is 5.83. The van der Waals surface area contributed by atoms with Crippen LogP contribution in [0.2, 0.25) is 0 Å². The summed E-state index contributed by atoms with van der Waals surface area (Å²) in [6.45, 7) is 4.17. The number of rotatable bonds is 4. The van der Waals surface area contributed by atoms with E-state index in [1.165, 1.54) is 6.08 Å². The number of carbonyl (C=O) groups excluding carboxylic acids is 1. The maximum absolute atomic E-state index is 11.5. The van der Waals surface area contributed by atoms with Gasteiger partial charge in [0.25, 0.3) is 0 Å². The van der Waals surface area contributed by atoms with Gasteiger partial charge in [0.15, 0.2) is 0 Å². The van der Waals surface area contributed by atoms with Crippen molar-refractivity contribution >= 4 is 5.97 Å². The van der Waals surface area contributed by atoms with Gasteiger partial charge in [0.05, 0.1) is 0 Å². The number of hydrogen-bond acceptors (Lipinski definition) is 3. The highest BCUT2D eigenvalue weighted by Gasteiger charge is 2.37. The van der Waals surface area contributed by atoms with Gasteiger partial charge in [0.2, 0.25) is 0 Å². The Morgan fingerprint density at radius 2 is 2.00 bits per heavy atom. The molecule has 0 saturated carbocycles. The Morgan fingerprint density at radius 3 is 2.58 bits per heavy atom. The van der Waals surface area contributed by atoms with E-state index in [0.29, 0.717) is 0 Å². The van der Waals surface area contributed by atoms with Gasteiger partial charge in [-0.05, 0) is 36.5 Å². The van der Waals surface area contributed by atoms with Gasteiger partial charge in [-0.2, -0.15) is 0 Å². The summed E-state index contributed by atoms with van der Waals surface area (Å²) in [7, 11) is 0. The van der Waals surface area contributed by atoms with Crippen LogP contribution >= 0.6 is 0 Å². The van der Waals surface area contributed by atoms with Crippen molar-refractivity contribution in [3.05, 3.63) is 42.0 Å². The normalized spacial score (nSPS) is 22.6. The van der Waals surface area contributed by atoms with Gasteiger partial charge in [-0.25, -0.2) is 4.79 Å². The third-order valence-electron chi connectivity index (χ3n) is 3.85. The molecule has 1 heterocycles. The molecule has 1 atom stereocenters. The van der Waals surface area contributed by atoms with Crippen molar-refractivity contribution in [1.82, 2.24) is 0 Å². The lowest BCUT2D eigenvalue weighted by molar-refractivity contribution is -0.161. The van der Waals surface area contributed by atoms with Crippen molar-refractivity contribution in [3.8, 4) is 5.75 Å². The number of phenolic OH excluding ortho intramolecular Hbond substituents is 1. The summed E-state index contributed by atoms with van der Waals surface area (Å²) >= 11 is 0. The number of benzene rings is 1. The van der Waals surface area contributed by atoms with E-state index in [4.69, 9.17) is 4.74 Å². The molecule has 1 aromatic carbocycles. The molecule has 1 aliphatic rings. The van der Waals surface area contributed by atoms with Crippen LogP contribution in [0.1, 0.15) is 32.3 Å². The molecule has 102 valence electrons. The van der Waals surface area contributed by atoms with Crippen molar-refractivity contribution in [2.24, 2.45) is 5.92 Å². The van der Waals surface area contributed by atoms with Gasteiger partial charge in [-0.1, -0.05) is 32.1 Å². The van der Waals surface area contributed by atoms with Crippen LogP contribution in [0.5, 0.6) is 5.75 Å². The van der Waals surface area contributed by atoms with Crippen LogP contribution in [0.3, 0.4) is 0 Å². The number of phenols is 1. The van der Waals surface area contributed by atoms with Crippen molar-refractivity contribution in [3.63, 3.8) is 0 Å². The van der Waals surface area contributed by atoms with E-state index in [0.717, 1.165) is 24.8 Å². The first-order chi connectivity index (χ1) is 9.02. The predicted molar refractivity (Wildman–Crippen MR) is 73.8 cm³/mol. The van der Waals surface area contributed by atoms with E-state index in [2.05, 4.69) is 13.8 Å². The molecular formula is C16H20O3. The maximum Gasteiger partial charge on any atom is 0.330 e. The molecule has 1 N–H and O–H groups in total. The first kappa shape index (κ1) is 13.7. The Balaban J connectivity index is 2.07. The first-order valence-electron chi connectivity index (χ1n) is 6.69. The standard InChI is InChI=1S/C16H20O3/c1-12(2)16(10-3-4-15(18)19-16)11-9-13-5-7-14(17)8-6-13/h3-8,12,17H,9-11H2,1-2H3. The number of hydrogen-bond donors (Lipinski definition) is 1. The maximum atomic E-state index is 11.5. The Kier molecular flexibility index (Phi) is 3.93. The molecule has 3 nitrogen and oxygen atoms in total. The van der Waals surface area contributed by atoms with Crippen molar-refractivity contribution in [2.75, 3.05) is 0 Å². The molecule has 1 aromatic rings. The monoisotopic (exact) mass is 260 g/mol. The zero-order valence-electron chi connectivity index (χ0n) is 11.4. The Labute approximate surface area is 113 Å². The Hall–Kier alpha value is -1.77. The molecule has 0 radical (unpaired) electrons. The fraction of sp³-hybridized carbons (Fsp3) is 0.438. The van der Waals surface area contributed by atoms with E-state index in [1.807, 2.05) is 18.2 Å².